The first-order chi connectivity index (χ1) is 9.72. The van der Waals surface area contributed by atoms with E-state index in [-0.39, 0.29) is 5.91 Å². The van der Waals surface area contributed by atoms with Crippen LogP contribution in [0.5, 0.6) is 0 Å². The van der Waals surface area contributed by atoms with Crippen molar-refractivity contribution in [2.45, 2.75) is 44.6 Å². The zero-order valence-electron chi connectivity index (χ0n) is 12.1. The summed E-state index contributed by atoms with van der Waals surface area (Å²) in [6, 6.07) is 8.66. The number of amides is 1. The quantitative estimate of drug-likeness (QED) is 0.915. The number of primary amides is 1. The van der Waals surface area contributed by atoms with Crippen LogP contribution in [-0.4, -0.2) is 29.9 Å². The van der Waals surface area contributed by atoms with E-state index in [0.29, 0.717) is 5.56 Å². The second kappa shape index (κ2) is 5.96. The summed E-state index contributed by atoms with van der Waals surface area (Å²) in [6.45, 7) is 2.48. The molecule has 0 radical (unpaired) electrons. The highest BCUT2D eigenvalue weighted by Crippen LogP contribution is 2.29. The van der Waals surface area contributed by atoms with Crippen LogP contribution in [0, 0.1) is 5.92 Å². The van der Waals surface area contributed by atoms with Gasteiger partial charge in [-0.05, 0) is 55.8 Å². The van der Waals surface area contributed by atoms with Gasteiger partial charge in [0.2, 0.25) is 5.91 Å². The number of carbonyl (C=O) groups excluding carboxylic acids is 1. The number of carbonyl (C=O) groups is 1. The highest BCUT2D eigenvalue weighted by molar-refractivity contribution is 5.92. The summed E-state index contributed by atoms with van der Waals surface area (Å²) in [5, 5.41) is 0. The van der Waals surface area contributed by atoms with Crippen molar-refractivity contribution in [2.24, 2.45) is 11.7 Å². The minimum Gasteiger partial charge on any atom is -0.366 e. The molecule has 1 saturated carbocycles. The van der Waals surface area contributed by atoms with Gasteiger partial charge < -0.3 is 10.6 Å². The van der Waals surface area contributed by atoms with Gasteiger partial charge in [0.25, 0.3) is 0 Å². The number of hydrogen-bond acceptors (Lipinski definition) is 2. The summed E-state index contributed by atoms with van der Waals surface area (Å²) in [5.74, 6) is 0.407. The maximum Gasteiger partial charge on any atom is 0.248 e. The van der Waals surface area contributed by atoms with E-state index < -0.39 is 0 Å². The summed E-state index contributed by atoms with van der Waals surface area (Å²) < 4.78 is 0. The van der Waals surface area contributed by atoms with Crippen LogP contribution >= 0.6 is 0 Å². The van der Waals surface area contributed by atoms with Gasteiger partial charge in [-0.25, -0.2) is 0 Å². The SMILES string of the molecule is NC(=O)c1cccc(C[C@H]2CCN(C3CCCC3)C2)c1. The van der Waals surface area contributed by atoms with Gasteiger partial charge in [-0.2, -0.15) is 0 Å². The second-order valence-corrected chi connectivity index (χ2v) is 6.36. The fourth-order valence-electron chi connectivity index (χ4n) is 3.82. The van der Waals surface area contributed by atoms with Crippen LogP contribution in [0.2, 0.25) is 0 Å². The third kappa shape index (κ3) is 3.04. The summed E-state index contributed by atoms with van der Waals surface area (Å²) in [6.07, 6.45) is 7.97. The van der Waals surface area contributed by atoms with Crippen LogP contribution in [0.15, 0.2) is 24.3 Å². The molecule has 0 spiro atoms. The van der Waals surface area contributed by atoms with E-state index in [4.69, 9.17) is 5.73 Å². The molecular formula is C17H24N2O. The van der Waals surface area contributed by atoms with E-state index in [1.165, 1.54) is 50.8 Å². The Morgan fingerprint density at radius 3 is 2.80 bits per heavy atom. The molecule has 20 heavy (non-hydrogen) atoms. The van der Waals surface area contributed by atoms with E-state index in [1.54, 1.807) is 6.07 Å². The van der Waals surface area contributed by atoms with Crippen molar-refractivity contribution in [2.75, 3.05) is 13.1 Å². The first-order valence-corrected chi connectivity index (χ1v) is 7.85. The Bertz CT molecular complexity index is 480. The minimum absolute atomic E-state index is 0.328. The van der Waals surface area contributed by atoms with Crippen molar-refractivity contribution in [3.63, 3.8) is 0 Å². The van der Waals surface area contributed by atoms with Gasteiger partial charge in [-0.15, -0.1) is 0 Å². The third-order valence-corrected chi connectivity index (χ3v) is 4.89. The minimum atomic E-state index is -0.328. The molecule has 1 aromatic carbocycles. The Labute approximate surface area is 121 Å². The Kier molecular flexibility index (Phi) is 4.06. The maximum absolute atomic E-state index is 11.2. The van der Waals surface area contributed by atoms with Gasteiger partial charge in [0.1, 0.15) is 0 Å². The van der Waals surface area contributed by atoms with Crippen molar-refractivity contribution in [1.82, 2.24) is 4.90 Å². The standard InChI is InChI=1S/C17H24N2O/c18-17(20)15-5-3-4-13(11-15)10-14-8-9-19(12-14)16-6-1-2-7-16/h3-5,11,14,16H,1-2,6-10,12H2,(H2,18,20)/t14-/m1/s1. The van der Waals surface area contributed by atoms with Gasteiger partial charge in [-0.1, -0.05) is 25.0 Å². The van der Waals surface area contributed by atoms with Gasteiger partial charge in [-0.3, -0.25) is 4.79 Å². The molecule has 2 aliphatic rings. The van der Waals surface area contributed by atoms with E-state index >= 15 is 0 Å². The smallest absolute Gasteiger partial charge is 0.248 e. The van der Waals surface area contributed by atoms with E-state index in [2.05, 4.69) is 11.0 Å². The van der Waals surface area contributed by atoms with Crippen LogP contribution in [0.25, 0.3) is 0 Å². The normalized spacial score (nSPS) is 24.3. The molecule has 1 amide bonds. The monoisotopic (exact) mass is 272 g/mol. The molecule has 1 heterocycles. The molecule has 1 atom stereocenters. The molecule has 0 bridgehead atoms. The Morgan fingerprint density at radius 2 is 2.05 bits per heavy atom. The number of likely N-dealkylation sites (tertiary alicyclic amines) is 1. The lowest BCUT2D eigenvalue weighted by Crippen LogP contribution is -2.31. The number of nitrogens with two attached hydrogens (primary N) is 1. The molecule has 108 valence electrons. The first-order valence-electron chi connectivity index (χ1n) is 7.85. The van der Waals surface area contributed by atoms with E-state index in [9.17, 15) is 4.79 Å². The fourth-order valence-corrected chi connectivity index (χ4v) is 3.82. The molecule has 3 rings (SSSR count). The van der Waals surface area contributed by atoms with Crippen molar-refractivity contribution in [3.8, 4) is 0 Å². The van der Waals surface area contributed by atoms with Gasteiger partial charge in [0, 0.05) is 18.2 Å². The summed E-state index contributed by atoms with van der Waals surface area (Å²) in [7, 11) is 0. The zero-order valence-corrected chi connectivity index (χ0v) is 12.1. The van der Waals surface area contributed by atoms with Crippen LogP contribution < -0.4 is 5.73 Å². The topological polar surface area (TPSA) is 46.3 Å². The molecule has 2 N–H and O–H groups in total. The fraction of sp³-hybridized carbons (Fsp3) is 0.588. The summed E-state index contributed by atoms with van der Waals surface area (Å²) in [4.78, 5) is 13.9. The molecule has 1 aliphatic heterocycles. The van der Waals surface area contributed by atoms with Crippen molar-refractivity contribution in [3.05, 3.63) is 35.4 Å². The van der Waals surface area contributed by atoms with Gasteiger partial charge >= 0.3 is 0 Å². The number of nitrogens with zero attached hydrogens (tertiary/aromatic N) is 1. The van der Waals surface area contributed by atoms with Crippen molar-refractivity contribution in [1.29, 1.82) is 0 Å². The highest BCUT2D eigenvalue weighted by Gasteiger charge is 2.29. The molecule has 3 nitrogen and oxygen atoms in total. The van der Waals surface area contributed by atoms with Crippen LogP contribution in [0.4, 0.5) is 0 Å². The average Bonchev–Trinajstić information content (AvgIpc) is 3.09. The van der Waals surface area contributed by atoms with Crippen LogP contribution in [-0.2, 0) is 6.42 Å². The number of rotatable bonds is 4. The third-order valence-electron chi connectivity index (χ3n) is 4.89. The molecule has 0 aromatic heterocycles. The molecular weight excluding hydrogens is 248 g/mol. The summed E-state index contributed by atoms with van der Waals surface area (Å²) >= 11 is 0. The molecule has 2 fully saturated rings. The Balaban J connectivity index is 1.58. The van der Waals surface area contributed by atoms with Crippen molar-refractivity contribution < 1.29 is 4.79 Å². The lowest BCUT2D eigenvalue weighted by Gasteiger charge is -2.23. The van der Waals surface area contributed by atoms with Crippen molar-refractivity contribution >= 4 is 5.91 Å². The molecule has 3 heteroatoms. The highest BCUT2D eigenvalue weighted by atomic mass is 16.1. The lowest BCUT2D eigenvalue weighted by atomic mass is 9.97. The predicted octanol–water partition coefficient (Wildman–Crippen LogP) is 2.59. The van der Waals surface area contributed by atoms with Gasteiger partial charge in [0.15, 0.2) is 0 Å². The summed E-state index contributed by atoms with van der Waals surface area (Å²) in [5.41, 5.74) is 7.23. The second-order valence-electron chi connectivity index (χ2n) is 6.36. The predicted molar refractivity (Wildman–Crippen MR) is 80.6 cm³/mol. The maximum atomic E-state index is 11.2. The van der Waals surface area contributed by atoms with Gasteiger partial charge in [0.05, 0.1) is 0 Å². The lowest BCUT2D eigenvalue weighted by molar-refractivity contribution is 0.1000. The Morgan fingerprint density at radius 1 is 1.25 bits per heavy atom. The molecule has 1 aliphatic carbocycles. The number of benzene rings is 1. The van der Waals surface area contributed by atoms with E-state index in [0.717, 1.165) is 18.4 Å². The molecule has 0 unspecified atom stereocenters. The Hall–Kier alpha value is -1.35. The zero-order chi connectivity index (χ0) is 13.9. The molecule has 1 saturated heterocycles. The number of hydrogen-bond donors (Lipinski definition) is 1. The average molecular weight is 272 g/mol. The first kappa shape index (κ1) is 13.6. The van der Waals surface area contributed by atoms with Crippen LogP contribution in [0.1, 0.15) is 48.0 Å². The van der Waals surface area contributed by atoms with E-state index in [1.807, 2.05) is 12.1 Å². The largest absolute Gasteiger partial charge is 0.366 e. The molecule has 1 aromatic rings. The van der Waals surface area contributed by atoms with Crippen LogP contribution in [0.3, 0.4) is 0 Å².